The van der Waals surface area contributed by atoms with Crippen LogP contribution < -0.4 is 4.74 Å². The summed E-state index contributed by atoms with van der Waals surface area (Å²) in [5.41, 5.74) is 1.39. The molecule has 0 radical (unpaired) electrons. The second-order valence-corrected chi connectivity index (χ2v) is 3.64. The van der Waals surface area contributed by atoms with Crippen molar-refractivity contribution in [2.75, 3.05) is 0 Å². The van der Waals surface area contributed by atoms with Crippen LogP contribution in [0.25, 0.3) is 0 Å². The number of hydrogen-bond acceptors (Lipinski definition) is 4. The summed E-state index contributed by atoms with van der Waals surface area (Å²) in [6.45, 7) is 0.324. The van der Waals surface area contributed by atoms with Crippen LogP contribution in [0.3, 0.4) is 0 Å². The van der Waals surface area contributed by atoms with Gasteiger partial charge in [0.05, 0.1) is 11.4 Å². The fourth-order valence-corrected chi connectivity index (χ4v) is 1.47. The maximum Gasteiger partial charge on any atom is 0.149 e. The number of aliphatic imine (C=N–C) groups is 1. The molecule has 0 bridgehead atoms. The minimum atomic E-state index is -0.270. The van der Waals surface area contributed by atoms with E-state index in [1.165, 1.54) is 12.1 Å². The van der Waals surface area contributed by atoms with Crippen LogP contribution >= 0.6 is 12.2 Å². The van der Waals surface area contributed by atoms with Crippen molar-refractivity contribution in [2.24, 2.45) is 4.99 Å². The lowest BCUT2D eigenvalue weighted by atomic mass is 10.2. The minimum Gasteiger partial charge on any atom is -0.486 e. The number of halogens is 1. The number of hydrogen-bond donors (Lipinski definition) is 0. The maximum atomic E-state index is 12.7. The lowest BCUT2D eigenvalue weighted by Crippen LogP contribution is -1.95. The smallest absolute Gasteiger partial charge is 0.149 e. The number of ether oxygens (including phenoxy) is 1. The van der Waals surface area contributed by atoms with Crippen LogP contribution in [0.1, 0.15) is 5.56 Å². The molecule has 0 atom stereocenters. The number of benzene rings is 1. The number of nitrogens with zero attached hydrogens (tertiary/aromatic N) is 2. The minimum absolute atomic E-state index is 0.270. The highest BCUT2D eigenvalue weighted by atomic mass is 32.1. The van der Waals surface area contributed by atoms with Crippen LogP contribution in [-0.2, 0) is 6.61 Å². The zero-order chi connectivity index (χ0) is 12.8. The van der Waals surface area contributed by atoms with Crippen molar-refractivity contribution < 1.29 is 9.13 Å². The Balaban J connectivity index is 2.10. The molecule has 90 valence electrons. The molecule has 0 aliphatic heterocycles. The topological polar surface area (TPSA) is 34.5 Å². The fraction of sp³-hybridized carbons (Fsp3) is 0.0769. The van der Waals surface area contributed by atoms with Gasteiger partial charge in [-0.2, -0.15) is 4.99 Å². The lowest BCUT2D eigenvalue weighted by Gasteiger charge is -2.07. The summed E-state index contributed by atoms with van der Waals surface area (Å²) >= 11 is 4.54. The van der Waals surface area contributed by atoms with Crippen LogP contribution in [0.5, 0.6) is 5.75 Å². The predicted molar refractivity (Wildman–Crippen MR) is 69.7 cm³/mol. The van der Waals surface area contributed by atoms with E-state index in [0.717, 1.165) is 5.56 Å². The van der Waals surface area contributed by atoms with Crippen LogP contribution in [0.2, 0.25) is 0 Å². The third kappa shape index (κ3) is 3.20. The maximum absolute atomic E-state index is 12.7. The molecular weight excluding hydrogens is 251 g/mol. The van der Waals surface area contributed by atoms with E-state index in [1.807, 2.05) is 0 Å². The number of pyridine rings is 1. The number of aromatic nitrogens is 1. The Bertz CT molecular complexity index is 580. The highest BCUT2D eigenvalue weighted by molar-refractivity contribution is 7.78. The second kappa shape index (κ2) is 6.00. The highest BCUT2D eigenvalue weighted by Gasteiger charge is 2.02. The molecule has 2 rings (SSSR count). The summed E-state index contributed by atoms with van der Waals surface area (Å²) in [6.07, 6.45) is 3.14. The van der Waals surface area contributed by atoms with Crippen molar-refractivity contribution in [3.05, 3.63) is 54.1 Å². The van der Waals surface area contributed by atoms with Gasteiger partial charge in [0.2, 0.25) is 0 Å². The zero-order valence-electron chi connectivity index (χ0n) is 9.34. The first-order valence-corrected chi connectivity index (χ1v) is 5.59. The van der Waals surface area contributed by atoms with Gasteiger partial charge in [0.1, 0.15) is 23.9 Å². The Hall–Kier alpha value is -2.10. The van der Waals surface area contributed by atoms with Crippen molar-refractivity contribution in [1.82, 2.24) is 4.98 Å². The summed E-state index contributed by atoms with van der Waals surface area (Å²) < 4.78 is 18.3. The summed E-state index contributed by atoms with van der Waals surface area (Å²) in [5, 5.41) is 2.27. The average molecular weight is 260 g/mol. The molecule has 0 spiro atoms. The third-order valence-electron chi connectivity index (χ3n) is 2.23. The van der Waals surface area contributed by atoms with Crippen LogP contribution in [-0.4, -0.2) is 10.1 Å². The number of isothiocyanates is 1. The van der Waals surface area contributed by atoms with Gasteiger partial charge in [0.15, 0.2) is 0 Å². The van der Waals surface area contributed by atoms with Crippen molar-refractivity contribution >= 4 is 23.1 Å². The van der Waals surface area contributed by atoms with Gasteiger partial charge in [-0.1, -0.05) is 12.1 Å². The van der Waals surface area contributed by atoms with E-state index in [1.54, 1.807) is 30.6 Å². The molecule has 1 heterocycles. The van der Waals surface area contributed by atoms with Gasteiger partial charge in [-0.15, -0.1) is 0 Å². The van der Waals surface area contributed by atoms with Crippen molar-refractivity contribution in [3.8, 4) is 5.75 Å². The Morgan fingerprint density at radius 1 is 1.28 bits per heavy atom. The van der Waals surface area contributed by atoms with E-state index < -0.39 is 0 Å². The standard InChI is InChI=1S/C13H9FN2OS/c14-11-3-1-10(2-4-11)8-17-13-5-6-15-7-12(13)16-9-18/h1-7H,8H2. The van der Waals surface area contributed by atoms with E-state index in [9.17, 15) is 4.39 Å². The molecule has 5 heteroatoms. The monoisotopic (exact) mass is 260 g/mol. The molecule has 0 unspecified atom stereocenters. The molecule has 0 fully saturated rings. The first-order chi connectivity index (χ1) is 8.79. The van der Waals surface area contributed by atoms with Gasteiger partial charge in [-0.3, -0.25) is 4.98 Å². The van der Waals surface area contributed by atoms with E-state index in [4.69, 9.17) is 4.74 Å². The molecule has 2 aromatic rings. The zero-order valence-corrected chi connectivity index (χ0v) is 10.2. The molecule has 1 aromatic heterocycles. The second-order valence-electron chi connectivity index (χ2n) is 3.46. The molecule has 18 heavy (non-hydrogen) atoms. The number of rotatable bonds is 4. The lowest BCUT2D eigenvalue weighted by molar-refractivity contribution is 0.307. The van der Waals surface area contributed by atoms with E-state index in [-0.39, 0.29) is 5.82 Å². The highest BCUT2D eigenvalue weighted by Crippen LogP contribution is 2.25. The third-order valence-corrected chi connectivity index (χ3v) is 2.33. The molecule has 0 aliphatic rings. The van der Waals surface area contributed by atoms with Crippen LogP contribution in [0.15, 0.2) is 47.7 Å². The fourth-order valence-electron chi connectivity index (χ4n) is 1.37. The Labute approximate surface area is 109 Å². The summed E-state index contributed by atoms with van der Waals surface area (Å²) in [5.74, 6) is 0.292. The Kier molecular flexibility index (Phi) is 4.12. The van der Waals surface area contributed by atoms with Gasteiger partial charge in [0.25, 0.3) is 0 Å². The normalized spacial score (nSPS) is 9.61. The predicted octanol–water partition coefficient (Wildman–Crippen LogP) is 3.53. The molecule has 0 saturated carbocycles. The molecule has 0 amide bonds. The van der Waals surface area contributed by atoms with Crippen LogP contribution in [0.4, 0.5) is 10.1 Å². The van der Waals surface area contributed by atoms with Crippen LogP contribution in [0, 0.1) is 5.82 Å². The van der Waals surface area contributed by atoms with Gasteiger partial charge in [-0.05, 0) is 29.9 Å². The first-order valence-electron chi connectivity index (χ1n) is 5.19. The van der Waals surface area contributed by atoms with Crippen molar-refractivity contribution in [1.29, 1.82) is 0 Å². The van der Waals surface area contributed by atoms with Crippen molar-refractivity contribution in [2.45, 2.75) is 6.61 Å². The van der Waals surface area contributed by atoms with Gasteiger partial charge in [-0.25, -0.2) is 4.39 Å². The molecule has 0 N–H and O–H groups in total. The Morgan fingerprint density at radius 3 is 2.78 bits per heavy atom. The average Bonchev–Trinajstić information content (AvgIpc) is 2.40. The van der Waals surface area contributed by atoms with Gasteiger partial charge < -0.3 is 4.74 Å². The summed E-state index contributed by atoms with van der Waals surface area (Å²) in [7, 11) is 0. The molecule has 0 aliphatic carbocycles. The van der Waals surface area contributed by atoms with Crippen molar-refractivity contribution in [3.63, 3.8) is 0 Å². The first kappa shape index (κ1) is 12.4. The largest absolute Gasteiger partial charge is 0.486 e. The summed E-state index contributed by atoms with van der Waals surface area (Å²) in [6, 6.07) is 7.80. The quantitative estimate of drug-likeness (QED) is 0.623. The van der Waals surface area contributed by atoms with E-state index in [2.05, 4.69) is 27.4 Å². The molecular formula is C13H9FN2OS. The molecule has 1 aromatic carbocycles. The van der Waals surface area contributed by atoms with E-state index >= 15 is 0 Å². The molecule has 0 saturated heterocycles. The van der Waals surface area contributed by atoms with E-state index in [0.29, 0.717) is 18.0 Å². The Morgan fingerprint density at radius 2 is 2.06 bits per heavy atom. The summed E-state index contributed by atoms with van der Waals surface area (Å²) in [4.78, 5) is 7.77. The van der Waals surface area contributed by atoms with Gasteiger partial charge in [0, 0.05) is 12.3 Å². The number of thiocarbonyl (C=S) groups is 1. The van der Waals surface area contributed by atoms with Gasteiger partial charge >= 0.3 is 0 Å². The molecule has 3 nitrogen and oxygen atoms in total. The SMILES string of the molecule is Fc1ccc(COc2ccncc2N=C=S)cc1.